The summed E-state index contributed by atoms with van der Waals surface area (Å²) >= 11 is 0. The van der Waals surface area contributed by atoms with Gasteiger partial charge in [-0.3, -0.25) is 4.79 Å². The highest BCUT2D eigenvalue weighted by molar-refractivity contribution is 5.79. The quantitative estimate of drug-likeness (QED) is 0.658. The summed E-state index contributed by atoms with van der Waals surface area (Å²) in [5, 5.41) is 0. The molecule has 3 heteroatoms. The molecule has 0 aliphatic carbocycles. The van der Waals surface area contributed by atoms with E-state index in [4.69, 9.17) is 4.74 Å². The summed E-state index contributed by atoms with van der Waals surface area (Å²) in [6, 6.07) is 0.308. The van der Waals surface area contributed by atoms with Gasteiger partial charge in [0.15, 0.2) is 0 Å². The zero-order valence-electron chi connectivity index (χ0n) is 9.33. The second kappa shape index (κ2) is 5.97. The molecule has 1 aliphatic rings. The fourth-order valence-electron chi connectivity index (χ4n) is 1.35. The van der Waals surface area contributed by atoms with Crippen LogP contribution < -0.4 is 0 Å². The molecule has 1 fully saturated rings. The molecule has 0 aromatic carbocycles. The fourth-order valence-corrected chi connectivity index (χ4v) is 1.35. The summed E-state index contributed by atoms with van der Waals surface area (Å²) in [6.45, 7) is 8.80. The molecule has 0 spiro atoms. The van der Waals surface area contributed by atoms with Crippen molar-refractivity contribution in [1.29, 1.82) is 0 Å². The van der Waals surface area contributed by atoms with Gasteiger partial charge in [0, 0.05) is 19.7 Å². The van der Waals surface area contributed by atoms with Crippen molar-refractivity contribution in [2.45, 2.75) is 46.3 Å². The van der Waals surface area contributed by atoms with Crippen molar-refractivity contribution < 1.29 is 9.53 Å². The standard InChI is InChI=1S/C8H15NO2.C2H6/c1-6(2)9-5-7(11-3)4-8(9)10;1-2/h6-7H,4-5H2,1-3H3;1-2H3. The Bertz CT molecular complexity index is 157. The smallest absolute Gasteiger partial charge is 0.225 e. The third kappa shape index (κ3) is 3.35. The maximum atomic E-state index is 11.2. The van der Waals surface area contributed by atoms with Crippen LogP contribution in [0.1, 0.15) is 34.1 Å². The number of carbonyl (C=O) groups is 1. The molecule has 0 bridgehead atoms. The molecule has 13 heavy (non-hydrogen) atoms. The summed E-state index contributed by atoms with van der Waals surface area (Å²) in [4.78, 5) is 13.1. The second-order valence-corrected chi connectivity index (χ2v) is 3.20. The van der Waals surface area contributed by atoms with E-state index in [0.29, 0.717) is 12.5 Å². The lowest BCUT2D eigenvalue weighted by Crippen LogP contribution is -2.32. The number of rotatable bonds is 2. The van der Waals surface area contributed by atoms with Gasteiger partial charge >= 0.3 is 0 Å². The molecule has 0 saturated carbocycles. The van der Waals surface area contributed by atoms with Crippen LogP contribution in [-0.4, -0.2) is 36.6 Å². The van der Waals surface area contributed by atoms with E-state index in [-0.39, 0.29) is 12.0 Å². The zero-order chi connectivity index (χ0) is 10.4. The molecule has 0 aromatic rings. The lowest BCUT2D eigenvalue weighted by molar-refractivity contribution is -0.129. The van der Waals surface area contributed by atoms with E-state index < -0.39 is 0 Å². The summed E-state index contributed by atoms with van der Waals surface area (Å²) < 4.78 is 5.10. The summed E-state index contributed by atoms with van der Waals surface area (Å²) in [5.41, 5.74) is 0. The topological polar surface area (TPSA) is 29.5 Å². The van der Waals surface area contributed by atoms with Crippen molar-refractivity contribution in [3.8, 4) is 0 Å². The minimum Gasteiger partial charge on any atom is -0.379 e. The molecular weight excluding hydrogens is 166 g/mol. The third-order valence-electron chi connectivity index (χ3n) is 2.08. The van der Waals surface area contributed by atoms with Crippen molar-refractivity contribution in [2.24, 2.45) is 0 Å². The molecule has 1 aliphatic heterocycles. The van der Waals surface area contributed by atoms with E-state index in [0.717, 1.165) is 6.54 Å². The summed E-state index contributed by atoms with van der Waals surface area (Å²) in [5.74, 6) is 0.215. The number of amides is 1. The molecule has 0 radical (unpaired) electrons. The molecule has 1 heterocycles. The van der Waals surface area contributed by atoms with Crippen LogP contribution in [0.25, 0.3) is 0 Å². The Morgan fingerprint density at radius 2 is 2.00 bits per heavy atom. The largest absolute Gasteiger partial charge is 0.379 e. The Labute approximate surface area is 81.1 Å². The van der Waals surface area contributed by atoms with Gasteiger partial charge in [-0.05, 0) is 13.8 Å². The van der Waals surface area contributed by atoms with E-state index in [1.54, 1.807) is 7.11 Å². The van der Waals surface area contributed by atoms with E-state index >= 15 is 0 Å². The van der Waals surface area contributed by atoms with Crippen LogP contribution in [0.5, 0.6) is 0 Å². The minimum atomic E-state index is 0.116. The molecule has 1 unspecified atom stereocenters. The predicted molar refractivity (Wildman–Crippen MR) is 53.6 cm³/mol. The van der Waals surface area contributed by atoms with Gasteiger partial charge in [0.1, 0.15) is 0 Å². The van der Waals surface area contributed by atoms with Crippen LogP contribution in [0.2, 0.25) is 0 Å². The lowest BCUT2D eigenvalue weighted by Gasteiger charge is -2.20. The van der Waals surface area contributed by atoms with E-state index in [9.17, 15) is 4.79 Å². The second-order valence-electron chi connectivity index (χ2n) is 3.20. The minimum absolute atomic E-state index is 0.116. The predicted octanol–water partition coefficient (Wildman–Crippen LogP) is 1.67. The van der Waals surface area contributed by atoms with Gasteiger partial charge in [-0.1, -0.05) is 13.8 Å². The maximum Gasteiger partial charge on any atom is 0.225 e. The van der Waals surface area contributed by atoms with Gasteiger partial charge in [0.25, 0.3) is 0 Å². The molecule has 0 aromatic heterocycles. The van der Waals surface area contributed by atoms with Gasteiger partial charge in [0.2, 0.25) is 5.91 Å². The monoisotopic (exact) mass is 187 g/mol. The van der Waals surface area contributed by atoms with Crippen molar-refractivity contribution >= 4 is 5.91 Å². The van der Waals surface area contributed by atoms with Crippen molar-refractivity contribution in [3.05, 3.63) is 0 Å². The first-order valence-electron chi connectivity index (χ1n) is 4.97. The highest BCUT2D eigenvalue weighted by atomic mass is 16.5. The van der Waals surface area contributed by atoms with Gasteiger partial charge in [-0.2, -0.15) is 0 Å². The molecule has 0 N–H and O–H groups in total. The average molecular weight is 187 g/mol. The SMILES string of the molecule is CC.COC1CC(=O)N(C(C)C)C1. The summed E-state index contributed by atoms with van der Waals surface area (Å²) in [7, 11) is 1.65. The highest BCUT2D eigenvalue weighted by Gasteiger charge is 2.30. The van der Waals surface area contributed by atoms with E-state index in [1.165, 1.54) is 0 Å². The summed E-state index contributed by atoms with van der Waals surface area (Å²) in [6.07, 6.45) is 0.666. The molecule has 3 nitrogen and oxygen atoms in total. The van der Waals surface area contributed by atoms with Crippen LogP contribution in [-0.2, 0) is 9.53 Å². The van der Waals surface area contributed by atoms with Crippen molar-refractivity contribution in [3.63, 3.8) is 0 Å². The van der Waals surface area contributed by atoms with Crippen LogP contribution in [0.4, 0.5) is 0 Å². The highest BCUT2D eigenvalue weighted by Crippen LogP contribution is 2.15. The van der Waals surface area contributed by atoms with Crippen LogP contribution in [0.3, 0.4) is 0 Å². The van der Waals surface area contributed by atoms with Crippen molar-refractivity contribution in [1.82, 2.24) is 4.90 Å². The average Bonchev–Trinajstić information content (AvgIpc) is 2.50. The molecule has 1 amide bonds. The van der Waals surface area contributed by atoms with Crippen molar-refractivity contribution in [2.75, 3.05) is 13.7 Å². The number of methoxy groups -OCH3 is 1. The first-order valence-corrected chi connectivity index (χ1v) is 4.97. The molecule has 1 atom stereocenters. The van der Waals surface area contributed by atoms with Gasteiger partial charge in [0.05, 0.1) is 12.5 Å². The van der Waals surface area contributed by atoms with Crippen LogP contribution in [0, 0.1) is 0 Å². The number of carbonyl (C=O) groups excluding carboxylic acids is 1. The molecule has 78 valence electrons. The third-order valence-corrected chi connectivity index (χ3v) is 2.08. The first kappa shape index (κ1) is 12.4. The van der Waals surface area contributed by atoms with Gasteiger partial charge in [-0.15, -0.1) is 0 Å². The van der Waals surface area contributed by atoms with Gasteiger partial charge in [-0.25, -0.2) is 0 Å². The lowest BCUT2D eigenvalue weighted by atomic mass is 10.3. The zero-order valence-corrected chi connectivity index (χ0v) is 9.33. The van der Waals surface area contributed by atoms with E-state index in [1.807, 2.05) is 32.6 Å². The van der Waals surface area contributed by atoms with E-state index in [2.05, 4.69) is 0 Å². The number of hydrogen-bond donors (Lipinski definition) is 0. The normalized spacial score (nSPS) is 21.8. The van der Waals surface area contributed by atoms with Crippen LogP contribution >= 0.6 is 0 Å². The molecule has 1 saturated heterocycles. The first-order chi connectivity index (χ1) is 6.15. The Kier molecular flexibility index (Phi) is 5.71. The Balaban J connectivity index is 0.000000671. The van der Waals surface area contributed by atoms with Gasteiger partial charge < -0.3 is 9.64 Å². The fraction of sp³-hybridized carbons (Fsp3) is 0.900. The molecular formula is C10H21NO2. The number of hydrogen-bond acceptors (Lipinski definition) is 2. The Hall–Kier alpha value is -0.570. The Morgan fingerprint density at radius 3 is 2.23 bits per heavy atom. The van der Waals surface area contributed by atoms with Crippen LogP contribution in [0.15, 0.2) is 0 Å². The molecule has 1 rings (SSSR count). The number of nitrogens with zero attached hydrogens (tertiary/aromatic N) is 1. The number of ether oxygens (including phenoxy) is 1. The maximum absolute atomic E-state index is 11.2. The Morgan fingerprint density at radius 1 is 1.46 bits per heavy atom. The number of likely N-dealkylation sites (tertiary alicyclic amines) is 1.